The summed E-state index contributed by atoms with van der Waals surface area (Å²) in [4.78, 5) is 29.4. The summed E-state index contributed by atoms with van der Waals surface area (Å²) in [6.45, 7) is 4.30. The molecular formula is C22H26ClN3O3. The number of nitrogens with one attached hydrogen (secondary N) is 1. The van der Waals surface area contributed by atoms with Crippen molar-refractivity contribution >= 4 is 29.1 Å². The monoisotopic (exact) mass is 415 g/mol. The minimum Gasteiger partial charge on any atom is -0.378 e. The summed E-state index contributed by atoms with van der Waals surface area (Å²) in [5, 5.41) is 3.52. The van der Waals surface area contributed by atoms with Crippen LogP contribution in [0.2, 0.25) is 5.02 Å². The molecular weight excluding hydrogens is 390 g/mol. The Morgan fingerprint density at radius 3 is 2.52 bits per heavy atom. The highest BCUT2D eigenvalue weighted by Gasteiger charge is 2.28. The van der Waals surface area contributed by atoms with Crippen molar-refractivity contribution in [1.82, 2.24) is 9.80 Å². The number of hydrogen-bond donors (Lipinski definition) is 1. The van der Waals surface area contributed by atoms with E-state index >= 15 is 0 Å². The first-order valence-corrected chi connectivity index (χ1v) is 10.0. The van der Waals surface area contributed by atoms with E-state index in [0.29, 0.717) is 37.0 Å². The van der Waals surface area contributed by atoms with Crippen LogP contribution in [0, 0.1) is 6.92 Å². The average molecular weight is 416 g/mol. The number of aryl methyl sites for hydroxylation is 1. The fraction of sp³-hybridized carbons (Fsp3) is 0.364. The van der Waals surface area contributed by atoms with Crippen LogP contribution in [0.25, 0.3) is 0 Å². The first-order chi connectivity index (χ1) is 14.0. The summed E-state index contributed by atoms with van der Waals surface area (Å²) in [5.74, 6) is -0.226. The van der Waals surface area contributed by atoms with Crippen LogP contribution in [-0.4, -0.2) is 61.5 Å². The maximum atomic E-state index is 13.2. The summed E-state index contributed by atoms with van der Waals surface area (Å²) in [6, 6.07) is 14.3. The van der Waals surface area contributed by atoms with Crippen LogP contribution in [0.5, 0.6) is 0 Å². The topological polar surface area (TPSA) is 61.9 Å². The Kier molecular flexibility index (Phi) is 7.25. The second kappa shape index (κ2) is 9.87. The maximum absolute atomic E-state index is 13.2. The van der Waals surface area contributed by atoms with Gasteiger partial charge in [-0.1, -0.05) is 48.0 Å². The lowest BCUT2D eigenvalue weighted by Crippen LogP contribution is -2.47. The maximum Gasteiger partial charge on any atom is 0.246 e. The van der Waals surface area contributed by atoms with Crippen LogP contribution in [-0.2, 0) is 14.3 Å². The van der Waals surface area contributed by atoms with E-state index in [1.54, 1.807) is 22.9 Å². The summed E-state index contributed by atoms with van der Waals surface area (Å²) >= 11 is 6.19. The highest BCUT2D eigenvalue weighted by Crippen LogP contribution is 2.24. The highest BCUT2D eigenvalue weighted by atomic mass is 35.5. The Labute approximate surface area is 176 Å². The molecule has 2 aromatic carbocycles. The van der Waals surface area contributed by atoms with Crippen molar-refractivity contribution in [3.05, 3.63) is 64.7 Å². The third kappa shape index (κ3) is 5.56. The number of halogens is 1. The Hall–Kier alpha value is -2.41. The van der Waals surface area contributed by atoms with E-state index in [4.69, 9.17) is 16.3 Å². The Morgan fingerprint density at radius 2 is 1.86 bits per heavy atom. The third-order valence-corrected chi connectivity index (χ3v) is 5.40. The lowest BCUT2D eigenvalue weighted by molar-refractivity contribution is -0.137. The van der Waals surface area contributed by atoms with Gasteiger partial charge in [0.15, 0.2) is 0 Å². The molecule has 0 radical (unpaired) electrons. The van der Waals surface area contributed by atoms with E-state index < -0.39 is 6.04 Å². The minimum absolute atomic E-state index is 0.0112. The number of carbonyl (C=O) groups is 2. The fourth-order valence-corrected chi connectivity index (χ4v) is 3.52. The van der Waals surface area contributed by atoms with Crippen molar-refractivity contribution in [2.45, 2.75) is 13.0 Å². The molecule has 1 aliphatic rings. The molecule has 6 nitrogen and oxygen atoms in total. The molecule has 2 aromatic rings. The van der Waals surface area contributed by atoms with E-state index in [2.05, 4.69) is 5.32 Å². The van der Waals surface area contributed by atoms with Gasteiger partial charge in [-0.15, -0.1) is 0 Å². The van der Waals surface area contributed by atoms with E-state index in [9.17, 15) is 9.59 Å². The molecule has 2 amide bonds. The second-order valence-corrected chi connectivity index (χ2v) is 7.58. The van der Waals surface area contributed by atoms with Crippen molar-refractivity contribution in [1.29, 1.82) is 0 Å². The zero-order valence-electron chi connectivity index (χ0n) is 16.7. The molecule has 3 rings (SSSR count). The number of benzene rings is 2. The number of morpholine rings is 1. The SMILES string of the molecule is Cc1ccc(NC(=O)[C@@H](c2ccccc2)N(C)CC(=O)N2CCOCC2)cc1Cl. The molecule has 1 saturated heterocycles. The molecule has 0 spiro atoms. The number of anilines is 1. The smallest absolute Gasteiger partial charge is 0.246 e. The van der Waals surface area contributed by atoms with Gasteiger partial charge in [-0.25, -0.2) is 0 Å². The predicted octanol–water partition coefficient (Wildman–Crippen LogP) is 3.12. The number of nitrogens with zero attached hydrogens (tertiary/aromatic N) is 2. The molecule has 29 heavy (non-hydrogen) atoms. The van der Waals surface area contributed by atoms with Crippen molar-refractivity contribution in [2.75, 3.05) is 45.2 Å². The summed E-state index contributed by atoms with van der Waals surface area (Å²) in [6.07, 6.45) is 0. The first kappa shape index (κ1) is 21.3. The van der Waals surface area contributed by atoms with Gasteiger partial charge in [0.25, 0.3) is 0 Å². The quantitative estimate of drug-likeness (QED) is 0.787. The fourth-order valence-electron chi connectivity index (χ4n) is 3.34. The summed E-state index contributed by atoms with van der Waals surface area (Å²) < 4.78 is 5.31. The lowest BCUT2D eigenvalue weighted by atomic mass is 10.0. The van der Waals surface area contributed by atoms with Gasteiger partial charge in [0.05, 0.1) is 19.8 Å². The van der Waals surface area contributed by atoms with Crippen molar-refractivity contribution in [3.8, 4) is 0 Å². The van der Waals surface area contributed by atoms with Gasteiger partial charge in [0.2, 0.25) is 11.8 Å². The molecule has 0 aromatic heterocycles. The van der Waals surface area contributed by atoms with Crippen LogP contribution in [0.4, 0.5) is 5.69 Å². The van der Waals surface area contributed by atoms with E-state index in [0.717, 1.165) is 11.1 Å². The molecule has 0 unspecified atom stereocenters. The number of carbonyl (C=O) groups excluding carboxylic acids is 2. The Bertz CT molecular complexity index is 854. The average Bonchev–Trinajstić information content (AvgIpc) is 2.72. The molecule has 0 saturated carbocycles. The van der Waals surface area contributed by atoms with Gasteiger partial charge in [-0.3, -0.25) is 14.5 Å². The van der Waals surface area contributed by atoms with Crippen molar-refractivity contribution in [2.24, 2.45) is 0 Å². The van der Waals surface area contributed by atoms with Gasteiger partial charge in [-0.05, 0) is 37.2 Å². The summed E-state index contributed by atoms with van der Waals surface area (Å²) in [5.41, 5.74) is 2.39. The molecule has 1 atom stereocenters. The van der Waals surface area contributed by atoms with E-state index in [-0.39, 0.29) is 18.4 Å². The molecule has 1 aliphatic heterocycles. The van der Waals surface area contributed by atoms with Gasteiger partial charge in [0.1, 0.15) is 6.04 Å². The Morgan fingerprint density at radius 1 is 1.17 bits per heavy atom. The molecule has 0 bridgehead atoms. The highest BCUT2D eigenvalue weighted by molar-refractivity contribution is 6.31. The van der Waals surface area contributed by atoms with Gasteiger partial charge in [0, 0.05) is 23.8 Å². The standard InChI is InChI=1S/C22H26ClN3O3/c1-16-8-9-18(14-19(16)23)24-22(28)21(17-6-4-3-5-7-17)25(2)15-20(27)26-10-12-29-13-11-26/h3-9,14,21H,10-13,15H2,1-2H3,(H,24,28)/t21-/m1/s1. The number of rotatable bonds is 6. The molecule has 1 fully saturated rings. The molecule has 154 valence electrons. The van der Waals surface area contributed by atoms with Crippen LogP contribution in [0.15, 0.2) is 48.5 Å². The van der Waals surface area contributed by atoms with Crippen molar-refractivity contribution in [3.63, 3.8) is 0 Å². The lowest BCUT2D eigenvalue weighted by Gasteiger charge is -2.31. The van der Waals surface area contributed by atoms with Crippen LogP contribution >= 0.6 is 11.6 Å². The Balaban J connectivity index is 1.77. The van der Waals surface area contributed by atoms with E-state index in [1.807, 2.05) is 49.4 Å². The molecule has 1 heterocycles. The van der Waals surface area contributed by atoms with Crippen LogP contribution in [0.1, 0.15) is 17.2 Å². The zero-order valence-corrected chi connectivity index (χ0v) is 17.5. The normalized spacial score (nSPS) is 15.2. The number of ether oxygens (including phenoxy) is 1. The predicted molar refractivity (Wildman–Crippen MR) is 114 cm³/mol. The van der Waals surface area contributed by atoms with E-state index in [1.165, 1.54) is 0 Å². The minimum atomic E-state index is -0.610. The van der Waals surface area contributed by atoms with Crippen LogP contribution < -0.4 is 5.32 Å². The molecule has 1 N–H and O–H groups in total. The molecule has 0 aliphatic carbocycles. The largest absolute Gasteiger partial charge is 0.378 e. The number of hydrogen-bond acceptors (Lipinski definition) is 4. The number of likely N-dealkylation sites (N-methyl/N-ethyl adjacent to an activating group) is 1. The second-order valence-electron chi connectivity index (χ2n) is 7.17. The third-order valence-electron chi connectivity index (χ3n) is 4.99. The zero-order chi connectivity index (χ0) is 20.8. The molecule has 7 heteroatoms. The first-order valence-electron chi connectivity index (χ1n) is 9.63. The van der Waals surface area contributed by atoms with Crippen LogP contribution in [0.3, 0.4) is 0 Å². The van der Waals surface area contributed by atoms with Gasteiger partial charge < -0.3 is 15.0 Å². The van der Waals surface area contributed by atoms with Crippen molar-refractivity contribution < 1.29 is 14.3 Å². The summed E-state index contributed by atoms with van der Waals surface area (Å²) in [7, 11) is 1.79. The number of amides is 2. The van der Waals surface area contributed by atoms with Gasteiger partial charge in [-0.2, -0.15) is 0 Å². The van der Waals surface area contributed by atoms with Gasteiger partial charge >= 0.3 is 0 Å².